The second-order valence-corrected chi connectivity index (χ2v) is 9.40. The van der Waals surface area contributed by atoms with Crippen LogP contribution in [0.25, 0.3) is 11.3 Å². The smallest absolute Gasteiger partial charge is 0.263 e. The molecule has 35 heavy (non-hydrogen) atoms. The zero-order valence-electron chi connectivity index (χ0n) is 20.3. The highest BCUT2D eigenvalue weighted by molar-refractivity contribution is 5.78. The number of carbonyl (C=O) groups is 1. The third-order valence-electron chi connectivity index (χ3n) is 6.71. The van der Waals surface area contributed by atoms with Crippen molar-refractivity contribution < 1.29 is 14.3 Å². The highest BCUT2D eigenvalue weighted by Crippen LogP contribution is 2.32. The van der Waals surface area contributed by atoms with E-state index in [4.69, 9.17) is 15.2 Å². The Kier molecular flexibility index (Phi) is 6.40. The molecule has 0 saturated carbocycles. The van der Waals surface area contributed by atoms with Crippen LogP contribution in [-0.4, -0.2) is 63.9 Å². The van der Waals surface area contributed by atoms with Crippen LogP contribution in [0.1, 0.15) is 41.6 Å². The Morgan fingerprint density at radius 3 is 2.63 bits per heavy atom. The van der Waals surface area contributed by atoms with Gasteiger partial charge in [-0.3, -0.25) is 9.48 Å². The fourth-order valence-electron chi connectivity index (χ4n) is 4.91. The minimum Gasteiger partial charge on any atom is -0.433 e. The normalized spacial score (nSPS) is 19.5. The average Bonchev–Trinajstić information content (AvgIpc) is 3.29. The molecular formula is C25H31N7O3. The van der Waals surface area contributed by atoms with Crippen LogP contribution < -0.4 is 15.8 Å². The van der Waals surface area contributed by atoms with Gasteiger partial charge in [0, 0.05) is 5.56 Å². The van der Waals surface area contributed by atoms with Crippen LogP contribution in [0, 0.1) is 13.8 Å². The highest BCUT2D eigenvalue weighted by Gasteiger charge is 2.24. The number of aryl methyl sites for hydroxylation is 2. The molecule has 184 valence electrons. The average molecular weight is 478 g/mol. The molecule has 2 aromatic heterocycles. The predicted molar refractivity (Wildman–Crippen MR) is 131 cm³/mol. The summed E-state index contributed by atoms with van der Waals surface area (Å²) < 4.78 is 13.4. The molecule has 0 aliphatic carbocycles. The second kappa shape index (κ2) is 9.63. The first-order valence-electron chi connectivity index (χ1n) is 11.9. The molecule has 0 radical (unpaired) electrons. The topological polar surface area (TPSA) is 120 Å². The minimum atomic E-state index is -0.164. The predicted octanol–water partition coefficient (Wildman–Crippen LogP) is 2.79. The Labute approximate surface area is 204 Å². The Morgan fingerprint density at radius 1 is 1.17 bits per heavy atom. The molecule has 1 aromatic carbocycles. The molecule has 1 atom stereocenters. The number of aromatic nitrogens is 4. The molecule has 0 bridgehead atoms. The van der Waals surface area contributed by atoms with Gasteiger partial charge in [0.05, 0.1) is 43.0 Å². The molecule has 10 nitrogen and oxygen atoms in total. The van der Waals surface area contributed by atoms with Gasteiger partial charge in [0.15, 0.2) is 11.6 Å². The SMILES string of the molecule is Cc1cc(-c2cnc(N)c(Oc3cnn(C4CCN(C)CC4)c3)n2)cc(C)c1C1COCC(=O)N1. The first kappa shape index (κ1) is 23.3. The van der Waals surface area contributed by atoms with Gasteiger partial charge in [-0.15, -0.1) is 0 Å². The number of hydrogen-bond acceptors (Lipinski definition) is 8. The molecule has 2 fully saturated rings. The van der Waals surface area contributed by atoms with E-state index in [0.29, 0.717) is 24.1 Å². The van der Waals surface area contributed by atoms with Gasteiger partial charge in [-0.05, 0) is 75.6 Å². The lowest BCUT2D eigenvalue weighted by molar-refractivity contribution is -0.131. The van der Waals surface area contributed by atoms with E-state index in [-0.39, 0.29) is 30.3 Å². The fraction of sp³-hybridized carbons (Fsp3) is 0.440. The van der Waals surface area contributed by atoms with E-state index >= 15 is 0 Å². The fourth-order valence-corrected chi connectivity index (χ4v) is 4.91. The molecule has 1 amide bonds. The van der Waals surface area contributed by atoms with E-state index in [1.165, 1.54) is 0 Å². The number of benzene rings is 1. The first-order chi connectivity index (χ1) is 16.9. The number of nitrogens with zero attached hydrogens (tertiary/aromatic N) is 5. The number of nitrogens with one attached hydrogen (secondary N) is 1. The van der Waals surface area contributed by atoms with Crippen molar-refractivity contribution in [1.82, 2.24) is 30.0 Å². The molecular weight excluding hydrogens is 446 g/mol. The summed E-state index contributed by atoms with van der Waals surface area (Å²) in [4.78, 5) is 23.1. The van der Waals surface area contributed by atoms with Gasteiger partial charge in [-0.1, -0.05) is 0 Å². The van der Waals surface area contributed by atoms with Gasteiger partial charge in [-0.2, -0.15) is 5.10 Å². The first-order valence-corrected chi connectivity index (χ1v) is 11.9. The number of piperidine rings is 1. The lowest BCUT2D eigenvalue weighted by Crippen LogP contribution is -2.40. The summed E-state index contributed by atoms with van der Waals surface area (Å²) in [6.45, 7) is 6.71. The Morgan fingerprint density at radius 2 is 1.91 bits per heavy atom. The summed E-state index contributed by atoms with van der Waals surface area (Å²) in [6, 6.07) is 4.26. The zero-order valence-corrected chi connectivity index (χ0v) is 20.3. The maximum atomic E-state index is 11.8. The maximum absolute atomic E-state index is 11.8. The van der Waals surface area contributed by atoms with Crippen molar-refractivity contribution >= 4 is 11.7 Å². The van der Waals surface area contributed by atoms with Crippen molar-refractivity contribution in [2.45, 2.75) is 38.8 Å². The number of anilines is 1. The second-order valence-electron chi connectivity index (χ2n) is 9.40. The highest BCUT2D eigenvalue weighted by atomic mass is 16.5. The maximum Gasteiger partial charge on any atom is 0.263 e. The molecule has 10 heteroatoms. The number of ether oxygens (including phenoxy) is 2. The largest absolute Gasteiger partial charge is 0.433 e. The number of hydrogen-bond donors (Lipinski definition) is 2. The van der Waals surface area contributed by atoms with E-state index in [0.717, 1.165) is 48.2 Å². The van der Waals surface area contributed by atoms with E-state index in [2.05, 4.69) is 32.3 Å². The number of nitrogen functional groups attached to an aromatic ring is 1. The number of carbonyl (C=O) groups excluding carboxylic acids is 1. The molecule has 3 N–H and O–H groups in total. The number of rotatable bonds is 5. The summed E-state index contributed by atoms with van der Waals surface area (Å²) >= 11 is 0. The van der Waals surface area contributed by atoms with E-state index in [9.17, 15) is 4.79 Å². The van der Waals surface area contributed by atoms with Crippen LogP contribution in [0.2, 0.25) is 0 Å². The molecule has 2 aliphatic rings. The monoisotopic (exact) mass is 477 g/mol. The van der Waals surface area contributed by atoms with Gasteiger partial charge < -0.3 is 25.4 Å². The Balaban J connectivity index is 1.36. The molecule has 1 unspecified atom stereocenters. The van der Waals surface area contributed by atoms with Gasteiger partial charge in [0.2, 0.25) is 5.91 Å². The van der Waals surface area contributed by atoms with Crippen LogP contribution in [0.5, 0.6) is 11.6 Å². The van der Waals surface area contributed by atoms with Crippen LogP contribution in [0.4, 0.5) is 5.82 Å². The lowest BCUT2D eigenvalue weighted by Gasteiger charge is -2.28. The van der Waals surface area contributed by atoms with E-state index in [1.54, 1.807) is 12.4 Å². The number of nitrogens with two attached hydrogens (primary N) is 1. The summed E-state index contributed by atoms with van der Waals surface area (Å²) in [6.07, 6.45) is 7.34. The van der Waals surface area contributed by atoms with Gasteiger partial charge >= 0.3 is 0 Å². The summed E-state index contributed by atoms with van der Waals surface area (Å²) in [5, 5.41) is 7.50. The van der Waals surface area contributed by atoms with E-state index in [1.807, 2.05) is 36.9 Å². The molecule has 3 aromatic rings. The van der Waals surface area contributed by atoms with Crippen LogP contribution in [0.3, 0.4) is 0 Å². The Hall–Kier alpha value is -3.50. The number of amides is 1. The van der Waals surface area contributed by atoms with Gasteiger partial charge in [-0.25, -0.2) is 9.97 Å². The van der Waals surface area contributed by atoms with Crippen molar-refractivity contribution in [3.63, 3.8) is 0 Å². The van der Waals surface area contributed by atoms with Crippen molar-refractivity contribution in [2.24, 2.45) is 0 Å². The minimum absolute atomic E-state index is 0.102. The van der Waals surface area contributed by atoms with Crippen molar-refractivity contribution in [3.05, 3.63) is 47.4 Å². The summed E-state index contributed by atoms with van der Waals surface area (Å²) in [5.41, 5.74) is 10.8. The van der Waals surface area contributed by atoms with Gasteiger partial charge in [0.25, 0.3) is 5.88 Å². The third-order valence-corrected chi connectivity index (χ3v) is 6.71. The van der Waals surface area contributed by atoms with E-state index < -0.39 is 0 Å². The van der Waals surface area contributed by atoms with Gasteiger partial charge in [0.1, 0.15) is 6.61 Å². The summed E-state index contributed by atoms with van der Waals surface area (Å²) in [5.74, 6) is 0.943. The third kappa shape index (κ3) is 4.98. The summed E-state index contributed by atoms with van der Waals surface area (Å²) in [7, 11) is 2.14. The quantitative estimate of drug-likeness (QED) is 0.576. The number of morpholine rings is 1. The number of likely N-dealkylation sites (tertiary alicyclic amines) is 1. The zero-order chi connectivity index (χ0) is 24.5. The van der Waals surface area contributed by atoms with Crippen LogP contribution in [0.15, 0.2) is 30.7 Å². The van der Waals surface area contributed by atoms with Crippen molar-refractivity contribution in [1.29, 1.82) is 0 Å². The molecule has 2 aliphatic heterocycles. The van der Waals surface area contributed by atoms with Crippen molar-refractivity contribution in [2.75, 3.05) is 39.1 Å². The van der Waals surface area contributed by atoms with Crippen LogP contribution in [-0.2, 0) is 9.53 Å². The standard InChI is InChI=1S/C25H31N7O3/c1-15-8-17(9-16(2)23(15)21-13-34-14-22(33)29-21)20-11-27-24(26)25(30-20)35-19-10-28-32(12-19)18-4-6-31(3)7-5-18/h8-12,18,21H,4-7,13-14H2,1-3H3,(H2,26,27)(H,29,33). The molecule has 0 spiro atoms. The van der Waals surface area contributed by atoms with Crippen LogP contribution >= 0.6 is 0 Å². The molecule has 5 rings (SSSR count). The van der Waals surface area contributed by atoms with Crippen molar-refractivity contribution in [3.8, 4) is 22.9 Å². The molecule has 4 heterocycles. The molecule has 2 saturated heterocycles. The Bertz CT molecular complexity index is 1210. The lowest BCUT2D eigenvalue weighted by atomic mass is 9.92.